The molecule has 0 saturated heterocycles. The van der Waals surface area contributed by atoms with E-state index in [1.165, 1.54) is 24.3 Å². The fraction of sp³-hybridized carbons (Fsp3) is 0.308. The first-order valence-electron chi connectivity index (χ1n) is 5.29. The van der Waals surface area contributed by atoms with Crippen molar-refractivity contribution in [3.05, 3.63) is 42.4 Å². The van der Waals surface area contributed by atoms with Gasteiger partial charge in [0.15, 0.2) is 11.9 Å². The summed E-state index contributed by atoms with van der Waals surface area (Å²) in [6, 6.07) is 5.73. The largest absolute Gasteiger partial charge is 0.482 e. The van der Waals surface area contributed by atoms with Gasteiger partial charge in [-0.25, -0.2) is 4.39 Å². The van der Waals surface area contributed by atoms with Crippen LogP contribution < -0.4 is 4.74 Å². The van der Waals surface area contributed by atoms with Gasteiger partial charge in [-0.1, -0.05) is 6.07 Å². The van der Waals surface area contributed by atoms with Crippen molar-refractivity contribution >= 4 is 5.78 Å². The van der Waals surface area contributed by atoms with E-state index in [0.717, 1.165) is 0 Å². The Morgan fingerprint density at radius 1 is 1.47 bits per heavy atom. The van der Waals surface area contributed by atoms with Crippen molar-refractivity contribution in [1.29, 1.82) is 0 Å². The molecule has 0 bridgehead atoms. The summed E-state index contributed by atoms with van der Waals surface area (Å²) >= 11 is 0. The molecule has 0 N–H and O–H groups in total. The number of hydrogen-bond acceptors (Lipinski definition) is 3. The molecule has 0 heterocycles. The molecule has 4 heteroatoms. The number of ether oxygens (including phenoxy) is 1. The summed E-state index contributed by atoms with van der Waals surface area (Å²) < 4.78 is 18.2. The van der Waals surface area contributed by atoms with Gasteiger partial charge in [-0.15, -0.1) is 0 Å². The van der Waals surface area contributed by atoms with E-state index in [1.807, 2.05) is 14.1 Å². The maximum absolute atomic E-state index is 12.9. The van der Waals surface area contributed by atoms with E-state index in [4.69, 9.17) is 4.74 Å². The van der Waals surface area contributed by atoms with E-state index in [1.54, 1.807) is 24.1 Å². The highest BCUT2D eigenvalue weighted by Gasteiger charge is 2.11. The van der Waals surface area contributed by atoms with Crippen molar-refractivity contribution in [2.24, 2.45) is 0 Å². The van der Waals surface area contributed by atoms with Gasteiger partial charge in [-0.2, -0.15) is 0 Å². The second kappa shape index (κ2) is 6.03. The molecule has 0 fully saturated rings. The molecule has 1 rings (SSSR count). The molecule has 0 radical (unpaired) electrons. The van der Waals surface area contributed by atoms with Gasteiger partial charge in [-0.05, 0) is 19.1 Å². The molecule has 17 heavy (non-hydrogen) atoms. The van der Waals surface area contributed by atoms with Crippen LogP contribution in [0, 0.1) is 5.82 Å². The summed E-state index contributed by atoms with van der Waals surface area (Å²) in [5.74, 6) is -0.196. The fourth-order valence-electron chi connectivity index (χ4n) is 1.16. The molecular weight excluding hydrogens is 221 g/mol. The highest BCUT2D eigenvalue weighted by Crippen LogP contribution is 2.14. The van der Waals surface area contributed by atoms with E-state index < -0.39 is 6.10 Å². The molecule has 0 amide bonds. The number of ketones is 1. The van der Waals surface area contributed by atoms with Crippen molar-refractivity contribution in [2.75, 3.05) is 14.1 Å². The van der Waals surface area contributed by atoms with Gasteiger partial charge >= 0.3 is 0 Å². The third-order valence-corrected chi connectivity index (χ3v) is 2.05. The van der Waals surface area contributed by atoms with E-state index in [-0.39, 0.29) is 11.6 Å². The maximum atomic E-state index is 12.9. The van der Waals surface area contributed by atoms with Crippen molar-refractivity contribution in [3.8, 4) is 5.75 Å². The highest BCUT2D eigenvalue weighted by molar-refractivity contribution is 5.93. The second-order valence-corrected chi connectivity index (χ2v) is 3.90. The van der Waals surface area contributed by atoms with E-state index >= 15 is 0 Å². The Hall–Kier alpha value is -1.84. The van der Waals surface area contributed by atoms with Gasteiger partial charge in [0.25, 0.3) is 0 Å². The molecular formula is C13H16FNO2. The Morgan fingerprint density at radius 3 is 2.76 bits per heavy atom. The average Bonchev–Trinajstić information content (AvgIpc) is 2.25. The molecule has 92 valence electrons. The summed E-state index contributed by atoms with van der Waals surface area (Å²) in [5, 5.41) is 0. The number of nitrogens with zero attached hydrogens (tertiary/aromatic N) is 1. The lowest BCUT2D eigenvalue weighted by Crippen LogP contribution is -2.22. The Labute approximate surface area is 100 Å². The van der Waals surface area contributed by atoms with Crippen LogP contribution in [0.25, 0.3) is 0 Å². The van der Waals surface area contributed by atoms with Crippen LogP contribution in [0.15, 0.2) is 36.5 Å². The molecule has 0 saturated carbocycles. The van der Waals surface area contributed by atoms with Gasteiger partial charge in [0.2, 0.25) is 0 Å². The quantitative estimate of drug-likeness (QED) is 0.735. The predicted molar refractivity (Wildman–Crippen MR) is 64.3 cm³/mol. The smallest absolute Gasteiger partial charge is 0.197 e. The molecule has 0 spiro atoms. The van der Waals surface area contributed by atoms with E-state index in [9.17, 15) is 9.18 Å². The number of carbonyl (C=O) groups is 1. The summed E-state index contributed by atoms with van der Waals surface area (Å²) in [4.78, 5) is 13.4. The third-order valence-electron chi connectivity index (χ3n) is 2.05. The monoisotopic (exact) mass is 237 g/mol. The van der Waals surface area contributed by atoms with Crippen LogP contribution in [0.4, 0.5) is 4.39 Å². The van der Waals surface area contributed by atoms with Gasteiger partial charge in [0.1, 0.15) is 11.6 Å². The van der Waals surface area contributed by atoms with Crippen molar-refractivity contribution in [3.63, 3.8) is 0 Å². The topological polar surface area (TPSA) is 29.5 Å². The van der Waals surface area contributed by atoms with Gasteiger partial charge in [0.05, 0.1) is 0 Å². The minimum Gasteiger partial charge on any atom is -0.482 e. The van der Waals surface area contributed by atoms with Crippen LogP contribution in [0.3, 0.4) is 0 Å². The normalized spacial score (nSPS) is 12.5. The zero-order valence-electron chi connectivity index (χ0n) is 10.2. The Balaban J connectivity index is 2.60. The van der Waals surface area contributed by atoms with Gasteiger partial charge < -0.3 is 9.64 Å². The number of carbonyl (C=O) groups excluding carboxylic acids is 1. The van der Waals surface area contributed by atoms with Crippen LogP contribution in [0.5, 0.6) is 5.75 Å². The summed E-state index contributed by atoms with van der Waals surface area (Å²) in [6.45, 7) is 1.63. The van der Waals surface area contributed by atoms with Crippen LogP contribution in [-0.2, 0) is 4.79 Å². The first-order valence-corrected chi connectivity index (χ1v) is 5.29. The fourth-order valence-corrected chi connectivity index (χ4v) is 1.16. The number of benzene rings is 1. The molecule has 0 aromatic heterocycles. The van der Waals surface area contributed by atoms with E-state index in [0.29, 0.717) is 5.75 Å². The lowest BCUT2D eigenvalue weighted by Gasteiger charge is -2.12. The Morgan fingerprint density at radius 2 is 2.18 bits per heavy atom. The summed E-state index contributed by atoms with van der Waals surface area (Å²) in [7, 11) is 3.64. The lowest BCUT2D eigenvalue weighted by atomic mass is 10.2. The number of halogens is 1. The Kier molecular flexibility index (Phi) is 4.69. The van der Waals surface area contributed by atoms with Gasteiger partial charge in [0, 0.05) is 32.4 Å². The molecule has 1 aromatic carbocycles. The molecule has 0 unspecified atom stereocenters. The molecule has 0 aliphatic carbocycles. The first-order chi connectivity index (χ1) is 7.99. The zero-order valence-corrected chi connectivity index (χ0v) is 10.2. The SMILES string of the molecule is C[C@H](Oc1cccc(F)c1)C(=O)C=CN(C)C. The molecule has 3 nitrogen and oxygen atoms in total. The summed E-state index contributed by atoms with van der Waals surface area (Å²) in [5.41, 5.74) is 0. The standard InChI is InChI=1S/C13H16FNO2/c1-10(13(16)7-8-15(2)3)17-12-6-4-5-11(14)9-12/h4-10H,1-3H3/t10-/m0/s1. The van der Waals surface area contributed by atoms with Crippen molar-refractivity contribution in [1.82, 2.24) is 4.90 Å². The van der Waals surface area contributed by atoms with Crippen LogP contribution in [0.2, 0.25) is 0 Å². The van der Waals surface area contributed by atoms with E-state index in [2.05, 4.69) is 0 Å². The second-order valence-electron chi connectivity index (χ2n) is 3.90. The number of rotatable bonds is 5. The third kappa shape index (κ3) is 4.68. The first kappa shape index (κ1) is 13.2. The Bertz CT molecular complexity index is 416. The maximum Gasteiger partial charge on any atom is 0.197 e. The molecule has 0 aliphatic rings. The van der Waals surface area contributed by atoms with Crippen LogP contribution in [-0.4, -0.2) is 30.9 Å². The number of hydrogen-bond donors (Lipinski definition) is 0. The van der Waals surface area contributed by atoms with Crippen molar-refractivity contribution < 1.29 is 13.9 Å². The van der Waals surface area contributed by atoms with Crippen LogP contribution >= 0.6 is 0 Å². The molecule has 1 atom stereocenters. The average molecular weight is 237 g/mol. The molecule has 0 aliphatic heterocycles. The van der Waals surface area contributed by atoms with Gasteiger partial charge in [-0.3, -0.25) is 4.79 Å². The lowest BCUT2D eigenvalue weighted by molar-refractivity contribution is -0.120. The predicted octanol–water partition coefficient (Wildman–Crippen LogP) is 2.24. The minimum absolute atomic E-state index is 0.164. The van der Waals surface area contributed by atoms with Crippen LogP contribution in [0.1, 0.15) is 6.92 Å². The zero-order chi connectivity index (χ0) is 12.8. The summed E-state index contributed by atoms with van der Waals surface area (Å²) in [6.07, 6.45) is 2.45. The highest BCUT2D eigenvalue weighted by atomic mass is 19.1. The van der Waals surface area contributed by atoms with Crippen molar-refractivity contribution in [2.45, 2.75) is 13.0 Å². The molecule has 1 aromatic rings. The minimum atomic E-state index is -0.631.